The molecule has 2 aliphatic carbocycles. The Kier molecular flexibility index (Phi) is 10.6. The van der Waals surface area contributed by atoms with Gasteiger partial charge in [0.05, 0.1) is 35.8 Å². The minimum Gasteiger partial charge on any atom is -0.461 e. The molecule has 7 rings (SSSR count). The number of fused-ring (bicyclic) bond motifs is 1. The summed E-state index contributed by atoms with van der Waals surface area (Å²) in [6.45, 7) is 6.88. The summed E-state index contributed by atoms with van der Waals surface area (Å²) in [5, 5.41) is -0.182. The molecule has 1 aromatic heterocycles. The van der Waals surface area contributed by atoms with E-state index in [1.165, 1.54) is 4.90 Å². The van der Waals surface area contributed by atoms with E-state index in [1.54, 1.807) is 50.8 Å². The van der Waals surface area contributed by atoms with Crippen molar-refractivity contribution in [3.8, 4) is 0 Å². The molecule has 57 heavy (non-hydrogen) atoms. The number of hydrogen-bond acceptors (Lipinski definition) is 9. The maximum Gasteiger partial charge on any atom is 0.403 e. The molecule has 2 saturated carbocycles. The fourth-order valence-electron chi connectivity index (χ4n) is 8.55. The number of thiazole rings is 1. The first-order chi connectivity index (χ1) is 26.7. The number of aromatic nitrogens is 1. The zero-order valence-corrected chi connectivity index (χ0v) is 32.8. The van der Waals surface area contributed by atoms with Crippen LogP contribution in [0.25, 0.3) is 10.2 Å². The fraction of sp³-hybridized carbons (Fsp3) is 0.600. The van der Waals surface area contributed by atoms with Crippen LogP contribution in [0.15, 0.2) is 24.3 Å². The summed E-state index contributed by atoms with van der Waals surface area (Å²) < 4.78 is 118. The molecule has 1 amide bonds. The third kappa shape index (κ3) is 7.82. The zero-order valence-electron chi connectivity index (χ0n) is 32.0. The van der Waals surface area contributed by atoms with Gasteiger partial charge >= 0.3 is 18.1 Å². The first kappa shape index (κ1) is 41.2. The molecule has 1 unspecified atom stereocenters. The average Bonchev–Trinajstić information content (AvgIpc) is 3.68. The Balaban J connectivity index is 1.17. The van der Waals surface area contributed by atoms with Crippen LogP contribution in [-0.4, -0.2) is 84.8 Å². The molecule has 4 fully saturated rings. The van der Waals surface area contributed by atoms with Crippen LogP contribution in [-0.2, 0) is 25.6 Å². The van der Waals surface area contributed by atoms with E-state index < -0.39 is 63.9 Å². The molecule has 0 bridgehead atoms. The lowest BCUT2D eigenvalue weighted by atomic mass is 9.71. The van der Waals surface area contributed by atoms with Crippen LogP contribution in [0, 0.1) is 28.4 Å². The van der Waals surface area contributed by atoms with Gasteiger partial charge < -0.3 is 24.0 Å². The van der Waals surface area contributed by atoms with Gasteiger partial charge in [-0.25, -0.2) is 32.1 Å². The van der Waals surface area contributed by atoms with Crippen molar-refractivity contribution in [1.82, 2.24) is 9.88 Å². The molecular weight excluding hydrogens is 784 g/mol. The van der Waals surface area contributed by atoms with Gasteiger partial charge in [0.15, 0.2) is 11.6 Å². The van der Waals surface area contributed by atoms with Crippen LogP contribution in [0.5, 0.6) is 0 Å². The SMILES string of the molecule is CCOC(=O)c1nc2c(F)c(F)cc(N3CC(COCc4cccc(C5CCC(F)(F)CC5)c4C(=O)OC(C)(C)C)C4(CN(C(=O)C5(C(F)(F)F)CC5)C4)C3)c2s1. The molecule has 9 nitrogen and oxygen atoms in total. The predicted molar refractivity (Wildman–Crippen MR) is 195 cm³/mol. The second-order valence-electron chi connectivity index (χ2n) is 16.8. The first-order valence-electron chi connectivity index (χ1n) is 19.0. The summed E-state index contributed by atoms with van der Waals surface area (Å²) in [6, 6.07) is 6.15. The maximum absolute atomic E-state index is 15.1. The molecule has 1 spiro atoms. The van der Waals surface area contributed by atoms with E-state index in [2.05, 4.69) is 4.98 Å². The smallest absolute Gasteiger partial charge is 0.403 e. The number of nitrogens with zero attached hydrogens (tertiary/aromatic N) is 3. The van der Waals surface area contributed by atoms with Crippen LogP contribution in [0.1, 0.15) is 103 Å². The van der Waals surface area contributed by atoms with Gasteiger partial charge in [-0.3, -0.25) is 4.79 Å². The lowest BCUT2D eigenvalue weighted by Gasteiger charge is -2.52. The van der Waals surface area contributed by atoms with Gasteiger partial charge in [0.25, 0.3) is 0 Å². The average molecular weight is 828 g/mol. The number of carbonyl (C=O) groups excluding carboxylic acids is 3. The van der Waals surface area contributed by atoms with Crippen molar-refractivity contribution in [2.45, 2.75) is 96.4 Å². The van der Waals surface area contributed by atoms with Gasteiger partial charge in [-0.2, -0.15) is 13.2 Å². The lowest BCUT2D eigenvalue weighted by Crippen LogP contribution is -2.65. The fourth-order valence-corrected chi connectivity index (χ4v) is 9.55. The van der Waals surface area contributed by atoms with E-state index in [0.717, 1.165) is 17.4 Å². The Morgan fingerprint density at radius 3 is 2.28 bits per heavy atom. The second-order valence-corrected chi connectivity index (χ2v) is 17.8. The van der Waals surface area contributed by atoms with Crippen molar-refractivity contribution in [1.29, 1.82) is 0 Å². The normalized spacial score (nSPS) is 21.5. The molecule has 310 valence electrons. The molecule has 3 aromatic rings. The van der Waals surface area contributed by atoms with E-state index in [1.807, 2.05) is 0 Å². The summed E-state index contributed by atoms with van der Waals surface area (Å²) in [5.74, 6) is -8.43. The molecule has 0 radical (unpaired) electrons. The summed E-state index contributed by atoms with van der Waals surface area (Å²) >= 11 is 0.824. The molecular formula is C40H44F7N3O6S. The molecule has 1 atom stereocenters. The molecule has 2 aromatic carbocycles. The van der Waals surface area contributed by atoms with Crippen molar-refractivity contribution in [2.24, 2.45) is 16.7 Å². The summed E-state index contributed by atoms with van der Waals surface area (Å²) in [7, 11) is 0. The maximum atomic E-state index is 15.1. The molecule has 3 heterocycles. The van der Waals surface area contributed by atoms with Gasteiger partial charge in [-0.15, -0.1) is 11.3 Å². The topological polar surface area (TPSA) is 98.3 Å². The van der Waals surface area contributed by atoms with Crippen molar-refractivity contribution < 1.29 is 59.3 Å². The molecule has 2 aliphatic heterocycles. The number of esters is 2. The van der Waals surface area contributed by atoms with Crippen LogP contribution in [0.3, 0.4) is 0 Å². The van der Waals surface area contributed by atoms with Gasteiger partial charge in [-0.1, -0.05) is 18.2 Å². The van der Waals surface area contributed by atoms with Crippen molar-refractivity contribution >= 4 is 45.1 Å². The number of rotatable bonds is 10. The predicted octanol–water partition coefficient (Wildman–Crippen LogP) is 8.82. The van der Waals surface area contributed by atoms with E-state index in [4.69, 9.17) is 14.2 Å². The third-order valence-corrected chi connectivity index (χ3v) is 12.7. The highest BCUT2D eigenvalue weighted by Gasteiger charge is 2.71. The van der Waals surface area contributed by atoms with E-state index in [0.29, 0.717) is 11.1 Å². The van der Waals surface area contributed by atoms with E-state index in [-0.39, 0.29) is 117 Å². The number of amides is 1. The van der Waals surface area contributed by atoms with Gasteiger partial charge in [0.2, 0.25) is 16.8 Å². The highest BCUT2D eigenvalue weighted by atomic mass is 32.1. The monoisotopic (exact) mass is 827 g/mol. The van der Waals surface area contributed by atoms with Crippen LogP contribution < -0.4 is 4.90 Å². The lowest BCUT2D eigenvalue weighted by molar-refractivity contribution is -0.205. The van der Waals surface area contributed by atoms with Crippen molar-refractivity contribution in [3.63, 3.8) is 0 Å². The number of carbonyl (C=O) groups is 3. The third-order valence-electron chi connectivity index (χ3n) is 11.7. The van der Waals surface area contributed by atoms with Gasteiger partial charge in [0.1, 0.15) is 16.5 Å². The number of halogens is 7. The Morgan fingerprint density at radius 2 is 1.67 bits per heavy atom. The Bertz CT molecular complexity index is 2060. The van der Waals surface area contributed by atoms with Crippen molar-refractivity contribution in [2.75, 3.05) is 44.3 Å². The molecule has 0 N–H and O–H groups in total. The summed E-state index contributed by atoms with van der Waals surface area (Å²) in [4.78, 5) is 46.5. The Morgan fingerprint density at radius 1 is 0.982 bits per heavy atom. The van der Waals surface area contributed by atoms with E-state index >= 15 is 8.78 Å². The number of anilines is 1. The number of likely N-dealkylation sites (tertiary alicyclic amines) is 1. The highest BCUT2D eigenvalue weighted by Crippen LogP contribution is 2.60. The first-order valence-corrected chi connectivity index (χ1v) is 19.9. The largest absolute Gasteiger partial charge is 0.461 e. The second kappa shape index (κ2) is 14.7. The zero-order chi connectivity index (χ0) is 41.3. The Labute approximate surface area is 328 Å². The van der Waals surface area contributed by atoms with Gasteiger partial charge in [0, 0.05) is 56.4 Å². The van der Waals surface area contributed by atoms with Crippen LogP contribution in [0.4, 0.5) is 36.4 Å². The number of hydrogen-bond donors (Lipinski definition) is 0. The van der Waals surface area contributed by atoms with Crippen LogP contribution >= 0.6 is 11.3 Å². The standard InChI is InChI=1S/C40H44F7N3O6S/c1-5-55-34(52)32-48-30-29(42)26(41)15-27(31(30)57-32)49-16-24(37(19-49)20-50(21-37)35(53)38(13-14-38)40(45,46)47)18-54-17-23-7-6-8-25(22-9-11-39(43,44)12-10-22)28(23)33(51)56-36(2,3)4/h6-8,15,22,24H,5,9-14,16-21H2,1-4H3. The van der Waals surface area contributed by atoms with Crippen LogP contribution in [0.2, 0.25) is 0 Å². The minimum atomic E-state index is -4.70. The number of alkyl halides is 5. The van der Waals surface area contributed by atoms with E-state index in [9.17, 15) is 36.3 Å². The summed E-state index contributed by atoms with van der Waals surface area (Å²) in [6.07, 6.45) is -5.55. The molecule has 17 heteroatoms. The Hall–Kier alpha value is -3.99. The molecule has 2 saturated heterocycles. The number of benzene rings is 2. The molecule has 4 aliphatic rings. The van der Waals surface area contributed by atoms with Crippen molar-refractivity contribution in [3.05, 3.63) is 57.6 Å². The quantitative estimate of drug-likeness (QED) is 0.148. The highest BCUT2D eigenvalue weighted by molar-refractivity contribution is 7.20. The minimum absolute atomic E-state index is 0.000166. The number of ether oxygens (including phenoxy) is 3. The summed E-state index contributed by atoms with van der Waals surface area (Å²) in [5.41, 5.74) is -2.94. The van der Waals surface area contributed by atoms with Gasteiger partial charge in [-0.05, 0) is 70.4 Å².